The standard InChI is InChI=1S/C8H12N4OS2/c1-3-4-12-6(13)5-15-8(12)11-10-7(14)9-2/h3H,1,4-5H2,2H3,(H2,9,10,14). The number of hydrazone groups is 1. The van der Waals surface area contributed by atoms with Crippen LogP contribution in [0, 0.1) is 0 Å². The smallest absolute Gasteiger partial charge is 0.239 e. The number of thioether (sulfide) groups is 1. The number of hydrogen-bond donors (Lipinski definition) is 2. The van der Waals surface area contributed by atoms with E-state index in [1.54, 1.807) is 18.0 Å². The van der Waals surface area contributed by atoms with Gasteiger partial charge in [-0.05, 0) is 12.2 Å². The van der Waals surface area contributed by atoms with Gasteiger partial charge in [0, 0.05) is 13.6 Å². The molecule has 15 heavy (non-hydrogen) atoms. The molecule has 1 heterocycles. The first-order chi connectivity index (χ1) is 7.19. The number of nitrogens with one attached hydrogen (secondary N) is 2. The summed E-state index contributed by atoms with van der Waals surface area (Å²) in [4.78, 5) is 12.9. The molecular formula is C8H12N4OS2. The third kappa shape index (κ3) is 3.21. The van der Waals surface area contributed by atoms with Gasteiger partial charge in [-0.3, -0.25) is 15.1 Å². The van der Waals surface area contributed by atoms with E-state index in [0.29, 0.717) is 22.6 Å². The van der Waals surface area contributed by atoms with Gasteiger partial charge in [0.15, 0.2) is 10.3 Å². The molecule has 0 saturated carbocycles. The van der Waals surface area contributed by atoms with Gasteiger partial charge in [-0.25, -0.2) is 0 Å². The van der Waals surface area contributed by atoms with Gasteiger partial charge in [-0.1, -0.05) is 17.8 Å². The lowest BCUT2D eigenvalue weighted by Crippen LogP contribution is -2.34. The SMILES string of the molecule is C=CCN1C(=O)CSC1=NNC(=S)NC. The summed E-state index contributed by atoms with van der Waals surface area (Å²) in [6, 6.07) is 0. The highest BCUT2D eigenvalue weighted by atomic mass is 32.2. The molecule has 0 aromatic heterocycles. The largest absolute Gasteiger partial charge is 0.364 e. The van der Waals surface area contributed by atoms with Crippen molar-refractivity contribution in [1.82, 2.24) is 15.6 Å². The minimum Gasteiger partial charge on any atom is -0.364 e. The predicted octanol–water partition coefficient (Wildman–Crippen LogP) is 0.113. The van der Waals surface area contributed by atoms with E-state index in [1.807, 2.05) is 0 Å². The highest BCUT2D eigenvalue weighted by Gasteiger charge is 2.27. The average molecular weight is 244 g/mol. The molecule has 0 aliphatic carbocycles. The molecule has 0 spiro atoms. The lowest BCUT2D eigenvalue weighted by molar-refractivity contribution is -0.123. The Kier molecular flexibility index (Phi) is 4.57. The Morgan fingerprint density at radius 2 is 2.60 bits per heavy atom. The number of rotatable bonds is 3. The Hall–Kier alpha value is -1.08. The van der Waals surface area contributed by atoms with Gasteiger partial charge < -0.3 is 5.32 Å². The topological polar surface area (TPSA) is 56.7 Å². The fourth-order valence-electron chi connectivity index (χ4n) is 0.945. The second-order valence-electron chi connectivity index (χ2n) is 2.67. The molecule has 2 N–H and O–H groups in total. The Morgan fingerprint density at radius 3 is 3.20 bits per heavy atom. The van der Waals surface area contributed by atoms with Crippen molar-refractivity contribution in [2.75, 3.05) is 19.3 Å². The Balaban J connectivity index is 2.63. The minimum atomic E-state index is 0.0378. The molecule has 0 aromatic carbocycles. The van der Waals surface area contributed by atoms with Crippen LogP contribution in [0.2, 0.25) is 0 Å². The number of nitrogens with zero attached hydrogens (tertiary/aromatic N) is 2. The van der Waals surface area contributed by atoms with Gasteiger partial charge in [0.1, 0.15) is 0 Å². The molecule has 0 unspecified atom stereocenters. The van der Waals surface area contributed by atoms with Gasteiger partial charge >= 0.3 is 0 Å². The summed E-state index contributed by atoms with van der Waals surface area (Å²) < 4.78 is 0. The van der Waals surface area contributed by atoms with Crippen molar-refractivity contribution in [3.63, 3.8) is 0 Å². The quantitative estimate of drug-likeness (QED) is 0.419. The molecule has 7 heteroatoms. The zero-order valence-corrected chi connectivity index (χ0v) is 9.95. The third-order valence-corrected chi connectivity index (χ3v) is 2.91. The maximum atomic E-state index is 11.4. The van der Waals surface area contributed by atoms with Crippen LogP contribution in [-0.2, 0) is 4.79 Å². The van der Waals surface area contributed by atoms with Gasteiger partial charge in [-0.15, -0.1) is 11.7 Å². The van der Waals surface area contributed by atoms with Crippen LogP contribution in [0.25, 0.3) is 0 Å². The van der Waals surface area contributed by atoms with Crippen molar-refractivity contribution in [2.24, 2.45) is 5.10 Å². The van der Waals surface area contributed by atoms with Crippen molar-refractivity contribution in [2.45, 2.75) is 0 Å². The Bertz CT molecular complexity index is 316. The van der Waals surface area contributed by atoms with E-state index in [1.165, 1.54) is 11.8 Å². The van der Waals surface area contributed by atoms with Crippen LogP contribution in [0.15, 0.2) is 17.8 Å². The molecule has 82 valence electrons. The summed E-state index contributed by atoms with van der Waals surface area (Å²) >= 11 is 6.24. The summed E-state index contributed by atoms with van der Waals surface area (Å²) in [6.45, 7) is 4.06. The van der Waals surface area contributed by atoms with E-state index in [0.717, 1.165) is 0 Å². The molecule has 1 aliphatic rings. The molecule has 0 aromatic rings. The summed E-state index contributed by atoms with van der Waals surface area (Å²) in [5.41, 5.74) is 2.64. The average Bonchev–Trinajstić information content (AvgIpc) is 2.58. The Labute approximate surface area is 98.0 Å². The molecule has 1 aliphatic heterocycles. The molecule has 5 nitrogen and oxygen atoms in total. The summed E-state index contributed by atoms with van der Waals surface area (Å²) in [5.74, 6) is 0.455. The van der Waals surface area contributed by atoms with Crippen LogP contribution in [0.1, 0.15) is 0 Å². The van der Waals surface area contributed by atoms with E-state index >= 15 is 0 Å². The number of hydrogen-bond acceptors (Lipinski definition) is 4. The van der Waals surface area contributed by atoms with Gasteiger partial charge in [0.05, 0.1) is 5.75 Å². The molecule has 1 amide bonds. The van der Waals surface area contributed by atoms with E-state index in [9.17, 15) is 4.79 Å². The second kappa shape index (κ2) is 5.72. The van der Waals surface area contributed by atoms with E-state index in [-0.39, 0.29) is 5.91 Å². The highest BCUT2D eigenvalue weighted by Crippen LogP contribution is 2.18. The van der Waals surface area contributed by atoms with Crippen LogP contribution in [-0.4, -0.2) is 40.4 Å². The minimum absolute atomic E-state index is 0.0378. The number of amidine groups is 1. The molecule has 0 bridgehead atoms. The normalized spacial score (nSPS) is 18.1. The maximum Gasteiger partial charge on any atom is 0.239 e. The van der Waals surface area contributed by atoms with Crippen LogP contribution in [0.3, 0.4) is 0 Å². The Morgan fingerprint density at radius 1 is 1.87 bits per heavy atom. The van der Waals surface area contributed by atoms with E-state index in [4.69, 9.17) is 12.2 Å². The first kappa shape index (κ1) is 12.0. The molecule has 0 radical (unpaired) electrons. The van der Waals surface area contributed by atoms with Crippen LogP contribution >= 0.6 is 24.0 Å². The zero-order chi connectivity index (χ0) is 11.3. The number of amides is 1. The molecule has 1 rings (SSSR count). The van der Waals surface area contributed by atoms with Gasteiger partial charge in [-0.2, -0.15) is 0 Å². The van der Waals surface area contributed by atoms with Crippen molar-refractivity contribution in [3.05, 3.63) is 12.7 Å². The summed E-state index contributed by atoms with van der Waals surface area (Å²) in [5, 5.41) is 7.80. The maximum absolute atomic E-state index is 11.4. The second-order valence-corrected chi connectivity index (χ2v) is 4.02. The fraction of sp³-hybridized carbons (Fsp3) is 0.375. The van der Waals surface area contributed by atoms with E-state index < -0.39 is 0 Å². The molecule has 1 fully saturated rings. The predicted molar refractivity (Wildman–Crippen MR) is 66.6 cm³/mol. The van der Waals surface area contributed by atoms with Crippen molar-refractivity contribution in [1.29, 1.82) is 0 Å². The van der Waals surface area contributed by atoms with Gasteiger partial charge in [0.25, 0.3) is 0 Å². The highest BCUT2D eigenvalue weighted by molar-refractivity contribution is 8.15. The van der Waals surface area contributed by atoms with Crippen LogP contribution < -0.4 is 10.7 Å². The first-order valence-electron chi connectivity index (χ1n) is 4.28. The third-order valence-electron chi connectivity index (χ3n) is 1.65. The first-order valence-corrected chi connectivity index (χ1v) is 5.68. The van der Waals surface area contributed by atoms with Crippen molar-refractivity contribution < 1.29 is 4.79 Å². The monoisotopic (exact) mass is 244 g/mol. The fourth-order valence-corrected chi connectivity index (χ4v) is 1.84. The summed E-state index contributed by atoms with van der Waals surface area (Å²) in [7, 11) is 1.70. The lowest BCUT2D eigenvalue weighted by Gasteiger charge is -2.13. The van der Waals surface area contributed by atoms with Crippen LogP contribution in [0.5, 0.6) is 0 Å². The molecular weight excluding hydrogens is 232 g/mol. The van der Waals surface area contributed by atoms with Crippen molar-refractivity contribution in [3.8, 4) is 0 Å². The zero-order valence-electron chi connectivity index (χ0n) is 8.32. The molecule has 1 saturated heterocycles. The van der Waals surface area contributed by atoms with E-state index in [2.05, 4.69) is 22.4 Å². The number of carbonyl (C=O) groups excluding carboxylic acids is 1. The van der Waals surface area contributed by atoms with Gasteiger partial charge in [0.2, 0.25) is 5.91 Å². The van der Waals surface area contributed by atoms with Crippen molar-refractivity contribution >= 4 is 40.2 Å². The summed E-state index contributed by atoms with van der Waals surface area (Å²) in [6.07, 6.45) is 1.66. The van der Waals surface area contributed by atoms with Crippen LogP contribution in [0.4, 0.5) is 0 Å². The number of carbonyl (C=O) groups is 1. The molecule has 0 atom stereocenters. The number of thiocarbonyl (C=S) groups is 1. The lowest BCUT2D eigenvalue weighted by atomic mass is 10.5.